The summed E-state index contributed by atoms with van der Waals surface area (Å²) in [6.45, 7) is 3.90. The van der Waals surface area contributed by atoms with Gasteiger partial charge in [-0.2, -0.15) is 0 Å². The third-order valence-electron chi connectivity index (χ3n) is 2.68. The molecule has 0 aliphatic heterocycles. The topological polar surface area (TPSA) is 88.2 Å². The highest BCUT2D eigenvalue weighted by atomic mass is 32.1. The Hall–Kier alpha value is -2.08. The molecular weight excluding hydrogens is 262 g/mol. The van der Waals surface area contributed by atoms with E-state index < -0.39 is 5.97 Å². The number of aromatic nitrogens is 1. The van der Waals surface area contributed by atoms with Crippen molar-refractivity contribution in [3.8, 4) is 0 Å². The molecule has 0 aliphatic carbocycles. The molecule has 0 amide bonds. The summed E-state index contributed by atoms with van der Waals surface area (Å²) in [5.74, 6) is -0.971. The number of carboxylic acids is 1. The Bertz CT molecular complexity index is 610. The molecule has 100 valence electrons. The van der Waals surface area contributed by atoms with E-state index in [1.54, 1.807) is 17.4 Å². The summed E-state index contributed by atoms with van der Waals surface area (Å²) in [6, 6.07) is 4.59. The van der Waals surface area contributed by atoms with Crippen molar-refractivity contribution in [2.24, 2.45) is 0 Å². The SMILES string of the molecule is Cc1csc(C(C)Nc2cc(C(=O)O)ccc2N)n1. The van der Waals surface area contributed by atoms with Gasteiger partial charge in [-0.15, -0.1) is 11.3 Å². The summed E-state index contributed by atoms with van der Waals surface area (Å²) in [5, 5.41) is 15.1. The third-order valence-corrected chi connectivity index (χ3v) is 3.82. The first kappa shape index (κ1) is 13.4. The van der Waals surface area contributed by atoms with E-state index >= 15 is 0 Å². The minimum atomic E-state index is -0.971. The van der Waals surface area contributed by atoms with Gasteiger partial charge in [0.1, 0.15) is 5.01 Å². The van der Waals surface area contributed by atoms with Crippen molar-refractivity contribution in [2.45, 2.75) is 19.9 Å². The maximum atomic E-state index is 10.9. The third kappa shape index (κ3) is 3.03. The number of hydrogen-bond donors (Lipinski definition) is 3. The van der Waals surface area contributed by atoms with Gasteiger partial charge in [0.15, 0.2) is 0 Å². The highest BCUT2D eigenvalue weighted by Crippen LogP contribution is 2.26. The van der Waals surface area contributed by atoms with Crippen LogP contribution >= 0.6 is 11.3 Å². The molecule has 0 bridgehead atoms. The number of nitrogens with two attached hydrogens (primary N) is 1. The van der Waals surface area contributed by atoms with Gasteiger partial charge in [0.25, 0.3) is 0 Å². The zero-order valence-corrected chi connectivity index (χ0v) is 11.5. The summed E-state index contributed by atoms with van der Waals surface area (Å²) in [5.41, 5.74) is 8.16. The maximum absolute atomic E-state index is 10.9. The van der Waals surface area contributed by atoms with Crippen LogP contribution in [0.4, 0.5) is 11.4 Å². The molecule has 0 fully saturated rings. The van der Waals surface area contributed by atoms with Gasteiger partial charge in [-0.25, -0.2) is 9.78 Å². The Morgan fingerprint density at radius 2 is 2.26 bits per heavy atom. The van der Waals surface area contributed by atoms with Crippen molar-refractivity contribution >= 4 is 28.7 Å². The maximum Gasteiger partial charge on any atom is 0.335 e. The van der Waals surface area contributed by atoms with Crippen LogP contribution in [-0.4, -0.2) is 16.1 Å². The van der Waals surface area contributed by atoms with Crippen molar-refractivity contribution in [3.05, 3.63) is 39.8 Å². The average Bonchev–Trinajstić information content (AvgIpc) is 2.78. The fraction of sp³-hybridized carbons (Fsp3) is 0.231. The van der Waals surface area contributed by atoms with Crippen molar-refractivity contribution in [1.82, 2.24) is 4.98 Å². The van der Waals surface area contributed by atoms with Gasteiger partial charge in [0.05, 0.1) is 23.0 Å². The smallest absolute Gasteiger partial charge is 0.335 e. The number of nitrogens with one attached hydrogen (secondary N) is 1. The molecule has 0 spiro atoms. The Morgan fingerprint density at radius 1 is 1.53 bits per heavy atom. The van der Waals surface area contributed by atoms with Crippen LogP contribution < -0.4 is 11.1 Å². The number of carboxylic acid groups (broad SMARTS) is 1. The monoisotopic (exact) mass is 277 g/mol. The van der Waals surface area contributed by atoms with Gasteiger partial charge in [-0.1, -0.05) is 0 Å². The number of aryl methyl sites for hydroxylation is 1. The summed E-state index contributed by atoms with van der Waals surface area (Å²) in [7, 11) is 0. The standard InChI is InChI=1S/C13H15N3O2S/c1-7-6-19-12(15-7)8(2)16-11-5-9(13(17)18)3-4-10(11)14/h3-6,8,16H,14H2,1-2H3,(H,17,18). The lowest BCUT2D eigenvalue weighted by Gasteiger charge is -2.15. The van der Waals surface area contributed by atoms with Crippen molar-refractivity contribution in [1.29, 1.82) is 0 Å². The fourth-order valence-corrected chi connectivity index (χ4v) is 2.48. The zero-order valence-electron chi connectivity index (χ0n) is 10.7. The van der Waals surface area contributed by atoms with Crippen LogP contribution in [0.25, 0.3) is 0 Å². The molecule has 1 heterocycles. The predicted octanol–water partition coefficient (Wildman–Crippen LogP) is 2.91. The highest BCUT2D eigenvalue weighted by molar-refractivity contribution is 7.09. The average molecular weight is 277 g/mol. The van der Waals surface area contributed by atoms with Gasteiger partial charge in [0.2, 0.25) is 0 Å². The molecule has 0 saturated heterocycles. The minimum absolute atomic E-state index is 0.0231. The van der Waals surface area contributed by atoms with E-state index in [9.17, 15) is 4.79 Å². The number of nitrogens with zero attached hydrogens (tertiary/aromatic N) is 1. The van der Waals surface area contributed by atoms with E-state index in [1.165, 1.54) is 12.1 Å². The lowest BCUT2D eigenvalue weighted by atomic mass is 10.1. The molecule has 0 aliphatic rings. The lowest BCUT2D eigenvalue weighted by Crippen LogP contribution is -2.09. The Kier molecular flexibility index (Phi) is 3.71. The number of hydrogen-bond acceptors (Lipinski definition) is 5. The van der Waals surface area contributed by atoms with Crippen molar-refractivity contribution in [3.63, 3.8) is 0 Å². The summed E-state index contributed by atoms with van der Waals surface area (Å²) in [4.78, 5) is 15.3. The van der Waals surface area contributed by atoms with Gasteiger partial charge in [-0.05, 0) is 32.0 Å². The van der Waals surface area contributed by atoms with E-state index in [0.717, 1.165) is 10.7 Å². The lowest BCUT2D eigenvalue weighted by molar-refractivity contribution is 0.0697. The second-order valence-electron chi connectivity index (χ2n) is 4.30. The number of aromatic carboxylic acids is 1. The number of carbonyl (C=O) groups is 1. The van der Waals surface area contributed by atoms with Crippen molar-refractivity contribution < 1.29 is 9.90 Å². The van der Waals surface area contributed by atoms with E-state index in [0.29, 0.717) is 11.4 Å². The molecule has 1 unspecified atom stereocenters. The Labute approximate surface area is 115 Å². The summed E-state index contributed by atoms with van der Waals surface area (Å²) < 4.78 is 0. The second-order valence-corrected chi connectivity index (χ2v) is 5.19. The van der Waals surface area contributed by atoms with E-state index in [1.807, 2.05) is 19.2 Å². The number of benzene rings is 1. The molecule has 1 atom stereocenters. The highest BCUT2D eigenvalue weighted by Gasteiger charge is 2.12. The van der Waals surface area contributed by atoms with E-state index in [-0.39, 0.29) is 11.6 Å². The van der Waals surface area contributed by atoms with Crippen LogP contribution in [-0.2, 0) is 0 Å². The number of rotatable bonds is 4. The summed E-state index contributed by atoms with van der Waals surface area (Å²) >= 11 is 1.56. The Morgan fingerprint density at radius 3 is 2.84 bits per heavy atom. The number of anilines is 2. The first-order valence-corrected chi connectivity index (χ1v) is 6.66. The van der Waals surface area contributed by atoms with E-state index in [4.69, 9.17) is 10.8 Å². The molecule has 0 saturated carbocycles. The summed E-state index contributed by atoms with van der Waals surface area (Å²) in [6.07, 6.45) is 0. The normalized spacial score (nSPS) is 12.1. The quantitative estimate of drug-likeness (QED) is 0.748. The van der Waals surface area contributed by atoms with Gasteiger partial charge >= 0.3 is 5.97 Å². The molecular formula is C13H15N3O2S. The molecule has 1 aromatic heterocycles. The molecule has 19 heavy (non-hydrogen) atoms. The van der Waals surface area contributed by atoms with Crippen LogP contribution in [0.2, 0.25) is 0 Å². The first-order chi connectivity index (χ1) is 8.97. The largest absolute Gasteiger partial charge is 0.478 e. The number of nitrogen functional groups attached to an aromatic ring is 1. The van der Waals surface area contributed by atoms with Crippen LogP contribution in [0.3, 0.4) is 0 Å². The van der Waals surface area contributed by atoms with Crippen LogP contribution in [0.15, 0.2) is 23.6 Å². The molecule has 4 N–H and O–H groups in total. The molecule has 1 aromatic carbocycles. The molecule has 5 nitrogen and oxygen atoms in total. The minimum Gasteiger partial charge on any atom is -0.478 e. The van der Waals surface area contributed by atoms with Crippen LogP contribution in [0.1, 0.15) is 34.0 Å². The molecule has 2 rings (SSSR count). The second kappa shape index (κ2) is 5.27. The van der Waals surface area contributed by atoms with E-state index in [2.05, 4.69) is 10.3 Å². The fourth-order valence-electron chi connectivity index (χ4n) is 1.68. The molecule has 6 heteroatoms. The van der Waals surface area contributed by atoms with Crippen molar-refractivity contribution in [2.75, 3.05) is 11.1 Å². The predicted molar refractivity (Wildman–Crippen MR) is 76.7 cm³/mol. The van der Waals surface area contributed by atoms with Gasteiger partial charge < -0.3 is 16.2 Å². The Balaban J connectivity index is 2.22. The number of thiazole rings is 1. The van der Waals surface area contributed by atoms with Gasteiger partial charge in [-0.3, -0.25) is 0 Å². The van der Waals surface area contributed by atoms with Crippen LogP contribution in [0, 0.1) is 6.92 Å². The van der Waals surface area contributed by atoms with Crippen LogP contribution in [0.5, 0.6) is 0 Å². The molecule has 2 aromatic rings. The first-order valence-electron chi connectivity index (χ1n) is 5.78. The van der Waals surface area contributed by atoms with Gasteiger partial charge in [0, 0.05) is 11.1 Å². The molecule has 0 radical (unpaired) electrons. The zero-order chi connectivity index (χ0) is 14.0.